The topological polar surface area (TPSA) is 66.3 Å². The number of imidazole rings is 1. The van der Waals surface area contributed by atoms with Crippen LogP contribution in [0.25, 0.3) is 16.9 Å². The van der Waals surface area contributed by atoms with Crippen LogP contribution in [0.4, 0.5) is 10.5 Å². The lowest BCUT2D eigenvalue weighted by atomic mass is 10.3. The SMILES string of the molecule is O=C(Nc1cccc(Br)c1)N1CCN(Cc2nc3cccnc3n2-c2ccccc2)CC1. The monoisotopic (exact) mass is 490 g/mol. The zero-order valence-electron chi connectivity index (χ0n) is 17.5. The summed E-state index contributed by atoms with van der Waals surface area (Å²) >= 11 is 3.44. The van der Waals surface area contributed by atoms with Gasteiger partial charge in [-0.25, -0.2) is 14.8 Å². The summed E-state index contributed by atoms with van der Waals surface area (Å²) in [5.41, 5.74) is 3.59. The fourth-order valence-corrected chi connectivity index (χ4v) is 4.39. The van der Waals surface area contributed by atoms with E-state index in [0.29, 0.717) is 19.6 Å². The third-order valence-electron chi connectivity index (χ3n) is 5.60. The van der Waals surface area contributed by atoms with Crippen molar-refractivity contribution in [1.29, 1.82) is 0 Å². The van der Waals surface area contributed by atoms with Crippen LogP contribution >= 0.6 is 15.9 Å². The maximum Gasteiger partial charge on any atom is 0.321 e. The first-order chi connectivity index (χ1) is 15.7. The molecule has 0 aliphatic carbocycles. The van der Waals surface area contributed by atoms with Gasteiger partial charge in [-0.3, -0.25) is 9.47 Å². The van der Waals surface area contributed by atoms with Crippen molar-refractivity contribution in [2.45, 2.75) is 6.54 Å². The van der Waals surface area contributed by atoms with Crippen LogP contribution in [0.3, 0.4) is 0 Å². The molecule has 4 aromatic rings. The highest BCUT2D eigenvalue weighted by atomic mass is 79.9. The number of fused-ring (bicyclic) bond motifs is 1. The molecule has 2 aromatic carbocycles. The van der Waals surface area contributed by atoms with Crippen LogP contribution in [0.15, 0.2) is 77.4 Å². The van der Waals surface area contributed by atoms with Gasteiger partial charge in [0.25, 0.3) is 0 Å². The Morgan fingerprint density at radius 2 is 1.78 bits per heavy atom. The fraction of sp³-hybridized carbons (Fsp3) is 0.208. The molecule has 1 fully saturated rings. The average Bonchev–Trinajstić information content (AvgIpc) is 3.18. The third-order valence-corrected chi connectivity index (χ3v) is 6.09. The van der Waals surface area contributed by atoms with Crippen molar-refractivity contribution < 1.29 is 4.79 Å². The predicted molar refractivity (Wildman–Crippen MR) is 129 cm³/mol. The third kappa shape index (κ3) is 4.37. The minimum Gasteiger partial charge on any atom is -0.322 e. The largest absolute Gasteiger partial charge is 0.322 e. The molecule has 0 atom stereocenters. The molecule has 0 spiro atoms. The van der Waals surface area contributed by atoms with Gasteiger partial charge < -0.3 is 10.2 Å². The lowest BCUT2D eigenvalue weighted by molar-refractivity contribution is 0.140. The van der Waals surface area contributed by atoms with Gasteiger partial charge in [0, 0.05) is 48.2 Å². The van der Waals surface area contributed by atoms with E-state index in [2.05, 4.69) is 47.8 Å². The standard InChI is InChI=1S/C24H23BrN6O/c25-18-6-4-7-19(16-18)27-24(32)30-14-12-29(13-15-30)17-22-28-21-10-5-11-26-23(21)31(22)20-8-2-1-3-9-20/h1-11,16H,12-15,17H2,(H,27,32). The summed E-state index contributed by atoms with van der Waals surface area (Å²) in [6, 6.07) is 21.7. The number of para-hydroxylation sites is 1. The number of carbonyl (C=O) groups is 1. The van der Waals surface area contributed by atoms with Gasteiger partial charge >= 0.3 is 6.03 Å². The van der Waals surface area contributed by atoms with Crippen molar-refractivity contribution in [3.05, 3.63) is 83.2 Å². The number of pyridine rings is 1. The molecule has 2 amide bonds. The normalized spacial score (nSPS) is 14.6. The zero-order chi connectivity index (χ0) is 21.9. The Labute approximate surface area is 194 Å². The number of hydrogen-bond donors (Lipinski definition) is 1. The minimum absolute atomic E-state index is 0.0662. The quantitative estimate of drug-likeness (QED) is 0.456. The van der Waals surface area contributed by atoms with E-state index in [-0.39, 0.29) is 6.03 Å². The molecule has 1 aliphatic heterocycles. The zero-order valence-corrected chi connectivity index (χ0v) is 19.1. The van der Waals surface area contributed by atoms with Crippen LogP contribution in [0.1, 0.15) is 5.82 Å². The van der Waals surface area contributed by atoms with Crippen molar-refractivity contribution in [2.24, 2.45) is 0 Å². The summed E-state index contributed by atoms with van der Waals surface area (Å²) in [5, 5.41) is 2.98. The number of nitrogens with zero attached hydrogens (tertiary/aromatic N) is 5. The second kappa shape index (κ2) is 9.10. The molecule has 0 unspecified atom stereocenters. The molecule has 32 heavy (non-hydrogen) atoms. The van der Waals surface area contributed by atoms with Gasteiger partial charge in [0.05, 0.1) is 6.54 Å². The summed E-state index contributed by atoms with van der Waals surface area (Å²) in [7, 11) is 0. The van der Waals surface area contributed by atoms with E-state index in [4.69, 9.17) is 4.98 Å². The Kier molecular flexibility index (Phi) is 5.87. The molecule has 2 aromatic heterocycles. The Bertz CT molecular complexity index is 1230. The van der Waals surface area contributed by atoms with Gasteiger partial charge in [-0.2, -0.15) is 0 Å². The van der Waals surface area contributed by atoms with E-state index in [1.165, 1.54) is 0 Å². The molecule has 8 heteroatoms. The van der Waals surface area contributed by atoms with Crippen LogP contribution in [0.2, 0.25) is 0 Å². The highest BCUT2D eigenvalue weighted by Crippen LogP contribution is 2.21. The van der Waals surface area contributed by atoms with E-state index < -0.39 is 0 Å². The second-order valence-electron chi connectivity index (χ2n) is 7.75. The molecule has 0 saturated carbocycles. The summed E-state index contributed by atoms with van der Waals surface area (Å²) in [5.74, 6) is 0.955. The number of halogens is 1. The molecule has 1 saturated heterocycles. The van der Waals surface area contributed by atoms with E-state index in [0.717, 1.165) is 45.9 Å². The minimum atomic E-state index is -0.0662. The smallest absolute Gasteiger partial charge is 0.321 e. The lowest BCUT2D eigenvalue weighted by Gasteiger charge is -2.34. The molecule has 1 aliphatic rings. The molecule has 0 bridgehead atoms. The highest BCUT2D eigenvalue weighted by Gasteiger charge is 2.23. The molecule has 7 nitrogen and oxygen atoms in total. The number of hydrogen-bond acceptors (Lipinski definition) is 4. The summed E-state index contributed by atoms with van der Waals surface area (Å²) in [6.07, 6.45) is 1.80. The van der Waals surface area contributed by atoms with Gasteiger partial charge in [-0.05, 0) is 42.5 Å². The Hall–Kier alpha value is -3.23. The molecular weight excluding hydrogens is 468 g/mol. The maximum absolute atomic E-state index is 12.7. The Balaban J connectivity index is 1.28. The van der Waals surface area contributed by atoms with Crippen LogP contribution in [-0.4, -0.2) is 56.5 Å². The number of carbonyl (C=O) groups excluding carboxylic acids is 1. The Morgan fingerprint density at radius 1 is 0.969 bits per heavy atom. The first kappa shape index (κ1) is 20.7. The van der Waals surface area contributed by atoms with Crippen LogP contribution in [0.5, 0.6) is 0 Å². The van der Waals surface area contributed by atoms with Crippen molar-refractivity contribution >= 4 is 38.8 Å². The summed E-state index contributed by atoms with van der Waals surface area (Å²) < 4.78 is 3.07. The second-order valence-corrected chi connectivity index (χ2v) is 8.66. The predicted octanol–water partition coefficient (Wildman–Crippen LogP) is 4.53. The van der Waals surface area contributed by atoms with Crippen molar-refractivity contribution in [1.82, 2.24) is 24.3 Å². The fourth-order valence-electron chi connectivity index (χ4n) is 3.99. The van der Waals surface area contributed by atoms with Gasteiger partial charge in [-0.15, -0.1) is 0 Å². The Morgan fingerprint density at radius 3 is 2.56 bits per heavy atom. The number of piperazine rings is 1. The van der Waals surface area contributed by atoms with Crippen LogP contribution < -0.4 is 5.32 Å². The van der Waals surface area contributed by atoms with E-state index in [1.54, 1.807) is 6.20 Å². The van der Waals surface area contributed by atoms with Crippen molar-refractivity contribution in [3.8, 4) is 5.69 Å². The summed E-state index contributed by atoms with van der Waals surface area (Å²) in [6.45, 7) is 3.62. The van der Waals surface area contributed by atoms with E-state index >= 15 is 0 Å². The first-order valence-corrected chi connectivity index (χ1v) is 11.4. The van der Waals surface area contributed by atoms with E-state index in [1.807, 2.05) is 59.5 Å². The maximum atomic E-state index is 12.7. The number of urea groups is 1. The number of amides is 2. The molecule has 3 heterocycles. The van der Waals surface area contributed by atoms with Gasteiger partial charge in [0.1, 0.15) is 11.3 Å². The average molecular weight is 491 g/mol. The first-order valence-electron chi connectivity index (χ1n) is 10.6. The van der Waals surface area contributed by atoms with Gasteiger partial charge in [0.2, 0.25) is 0 Å². The van der Waals surface area contributed by atoms with E-state index in [9.17, 15) is 4.79 Å². The molecular formula is C24H23BrN6O. The van der Waals surface area contributed by atoms with Crippen LogP contribution in [0, 0.1) is 0 Å². The number of nitrogens with one attached hydrogen (secondary N) is 1. The van der Waals surface area contributed by atoms with Gasteiger partial charge in [0.15, 0.2) is 5.65 Å². The molecule has 5 rings (SSSR count). The van der Waals surface area contributed by atoms with Crippen molar-refractivity contribution in [3.63, 3.8) is 0 Å². The molecule has 0 radical (unpaired) electrons. The number of anilines is 1. The van der Waals surface area contributed by atoms with Crippen molar-refractivity contribution in [2.75, 3.05) is 31.5 Å². The number of rotatable bonds is 4. The molecule has 1 N–H and O–H groups in total. The highest BCUT2D eigenvalue weighted by molar-refractivity contribution is 9.10. The number of benzene rings is 2. The molecule has 162 valence electrons. The number of aromatic nitrogens is 3. The van der Waals surface area contributed by atoms with Crippen LogP contribution in [-0.2, 0) is 6.54 Å². The summed E-state index contributed by atoms with van der Waals surface area (Å²) in [4.78, 5) is 26.3. The lowest BCUT2D eigenvalue weighted by Crippen LogP contribution is -2.49. The van der Waals surface area contributed by atoms with Gasteiger partial charge in [-0.1, -0.05) is 40.2 Å².